The Labute approximate surface area is 141 Å². The summed E-state index contributed by atoms with van der Waals surface area (Å²) in [6, 6.07) is 8.38. The van der Waals surface area contributed by atoms with E-state index in [1.54, 1.807) is 0 Å². The number of amidine groups is 1. The fourth-order valence-electron chi connectivity index (χ4n) is 3.01. The lowest BCUT2D eigenvalue weighted by atomic mass is 10.0. The number of nitrogens with one attached hydrogen (secondary N) is 2. The molecule has 3 rings (SSSR count). The molecule has 6 heteroatoms. The number of amides is 1. The van der Waals surface area contributed by atoms with Crippen LogP contribution in [-0.2, 0) is 4.79 Å². The molecule has 0 radical (unpaired) electrons. The maximum Gasteiger partial charge on any atom is 0.254 e. The van der Waals surface area contributed by atoms with Crippen LogP contribution in [0.5, 0.6) is 0 Å². The first kappa shape index (κ1) is 16.3. The van der Waals surface area contributed by atoms with Gasteiger partial charge in [-0.05, 0) is 37.5 Å². The highest BCUT2D eigenvalue weighted by atomic mass is 16.1. The van der Waals surface area contributed by atoms with Gasteiger partial charge in [-0.1, -0.05) is 24.3 Å². The first-order valence-corrected chi connectivity index (χ1v) is 8.20. The van der Waals surface area contributed by atoms with Crippen LogP contribution in [0.25, 0.3) is 6.08 Å². The summed E-state index contributed by atoms with van der Waals surface area (Å²) < 4.78 is 0. The quantitative estimate of drug-likeness (QED) is 0.382. The second-order valence-electron chi connectivity index (χ2n) is 6.25. The number of primary amides is 1. The van der Waals surface area contributed by atoms with Gasteiger partial charge in [0.1, 0.15) is 11.4 Å². The number of benzene rings is 1. The van der Waals surface area contributed by atoms with Crippen LogP contribution in [0.4, 0.5) is 5.69 Å². The van der Waals surface area contributed by atoms with Crippen molar-refractivity contribution in [2.24, 2.45) is 16.5 Å². The number of carbonyl (C=O) groups excluding carboxylic acids is 1. The third-order valence-corrected chi connectivity index (χ3v) is 4.39. The van der Waals surface area contributed by atoms with Gasteiger partial charge in [0.15, 0.2) is 0 Å². The van der Waals surface area contributed by atoms with E-state index < -0.39 is 5.91 Å². The van der Waals surface area contributed by atoms with Crippen molar-refractivity contribution in [3.63, 3.8) is 0 Å². The molecule has 1 saturated heterocycles. The highest BCUT2D eigenvalue weighted by Crippen LogP contribution is 2.25. The average molecular weight is 325 g/mol. The molecule has 6 N–H and O–H groups in total. The van der Waals surface area contributed by atoms with Crippen molar-refractivity contribution in [1.82, 2.24) is 5.32 Å². The topological polar surface area (TPSA) is 106 Å². The lowest BCUT2D eigenvalue weighted by Gasteiger charge is -2.25. The summed E-state index contributed by atoms with van der Waals surface area (Å²) in [4.78, 5) is 16.5. The van der Waals surface area contributed by atoms with Crippen molar-refractivity contribution in [2.45, 2.75) is 31.8 Å². The molecule has 0 saturated carbocycles. The number of piperidine rings is 1. The normalized spacial score (nSPS) is 25.6. The summed E-state index contributed by atoms with van der Waals surface area (Å²) in [5.74, 6) is -0.393. The molecule has 0 spiro atoms. The van der Waals surface area contributed by atoms with Gasteiger partial charge in [0.2, 0.25) is 0 Å². The standard InChI is InChI=1S/C18H23N5O/c1-11-6-8-13(10-21-11)22-17(19)16(18(20)24)15-9-7-12-4-2-3-5-14(12)23-15/h2-5,7,9,11,13,21,23H,6,8,10H2,1H3,(H2,19,22)(H2,20,24)/t11-,13+/m0/s1. The second-order valence-corrected chi connectivity index (χ2v) is 6.25. The first-order chi connectivity index (χ1) is 11.5. The van der Waals surface area contributed by atoms with Gasteiger partial charge in [0.25, 0.3) is 5.91 Å². The van der Waals surface area contributed by atoms with Gasteiger partial charge in [0.05, 0.1) is 11.7 Å². The van der Waals surface area contributed by atoms with Gasteiger partial charge in [-0.15, -0.1) is 0 Å². The van der Waals surface area contributed by atoms with Gasteiger partial charge >= 0.3 is 0 Å². The molecule has 24 heavy (non-hydrogen) atoms. The minimum atomic E-state index is -0.583. The summed E-state index contributed by atoms with van der Waals surface area (Å²) in [5.41, 5.74) is 14.5. The number of hydrogen-bond acceptors (Lipinski definition) is 4. The molecule has 2 aliphatic heterocycles. The molecule has 2 aliphatic rings. The van der Waals surface area contributed by atoms with Crippen LogP contribution in [0, 0.1) is 0 Å². The number of anilines is 1. The summed E-state index contributed by atoms with van der Waals surface area (Å²) in [6.07, 6.45) is 5.73. The number of allylic oxidation sites excluding steroid dienone is 1. The Morgan fingerprint density at radius 2 is 2.00 bits per heavy atom. The zero-order valence-electron chi connectivity index (χ0n) is 13.8. The third kappa shape index (κ3) is 3.49. The molecule has 0 unspecified atom stereocenters. The van der Waals surface area contributed by atoms with Crippen LogP contribution in [0.1, 0.15) is 25.3 Å². The van der Waals surface area contributed by atoms with Gasteiger partial charge in [-0.3, -0.25) is 9.79 Å². The molecule has 1 fully saturated rings. The lowest BCUT2D eigenvalue weighted by molar-refractivity contribution is -0.114. The first-order valence-electron chi connectivity index (χ1n) is 8.20. The van der Waals surface area contributed by atoms with Crippen molar-refractivity contribution >= 4 is 23.5 Å². The SMILES string of the molecule is C[C@H]1CC[C@@H](N=C(N)C(C(N)=O)=C2C=Cc3ccccc3N2)CN1. The van der Waals surface area contributed by atoms with Crippen LogP contribution in [0.15, 0.2) is 46.6 Å². The smallest absolute Gasteiger partial charge is 0.254 e. The van der Waals surface area contributed by atoms with Crippen LogP contribution in [0.3, 0.4) is 0 Å². The molecule has 1 amide bonds. The van der Waals surface area contributed by atoms with Crippen molar-refractivity contribution in [3.8, 4) is 0 Å². The van der Waals surface area contributed by atoms with Crippen LogP contribution in [0.2, 0.25) is 0 Å². The summed E-state index contributed by atoms with van der Waals surface area (Å²) in [5, 5.41) is 6.59. The minimum Gasteiger partial charge on any atom is -0.383 e. The predicted molar refractivity (Wildman–Crippen MR) is 97.4 cm³/mol. The molecular weight excluding hydrogens is 302 g/mol. The number of hydrogen-bond donors (Lipinski definition) is 4. The van der Waals surface area contributed by atoms with Crippen LogP contribution in [-0.4, -0.2) is 30.4 Å². The van der Waals surface area contributed by atoms with E-state index in [4.69, 9.17) is 11.5 Å². The molecule has 1 aromatic rings. The molecule has 2 atom stereocenters. The van der Waals surface area contributed by atoms with Crippen molar-refractivity contribution in [2.75, 3.05) is 11.9 Å². The largest absolute Gasteiger partial charge is 0.383 e. The molecule has 2 heterocycles. The fourth-order valence-corrected chi connectivity index (χ4v) is 3.01. The Kier molecular flexibility index (Phi) is 4.66. The maximum atomic E-state index is 12.0. The van der Waals surface area contributed by atoms with Crippen LogP contribution >= 0.6 is 0 Å². The number of para-hydroxylation sites is 1. The number of nitrogens with zero attached hydrogens (tertiary/aromatic N) is 1. The summed E-state index contributed by atoms with van der Waals surface area (Å²) in [6.45, 7) is 2.91. The Morgan fingerprint density at radius 1 is 1.21 bits per heavy atom. The minimum absolute atomic E-state index is 0.0657. The van der Waals surface area contributed by atoms with E-state index in [0.29, 0.717) is 11.7 Å². The molecule has 1 aromatic carbocycles. The second kappa shape index (κ2) is 6.88. The van der Waals surface area contributed by atoms with Crippen LogP contribution < -0.4 is 22.1 Å². The van der Waals surface area contributed by atoms with E-state index in [9.17, 15) is 4.79 Å². The Morgan fingerprint density at radius 3 is 2.71 bits per heavy atom. The number of rotatable bonds is 3. The van der Waals surface area contributed by atoms with E-state index in [2.05, 4.69) is 22.5 Å². The molecular formula is C18H23N5O. The number of nitrogens with two attached hydrogens (primary N) is 2. The Bertz CT molecular complexity index is 727. The summed E-state index contributed by atoms with van der Waals surface area (Å²) in [7, 11) is 0. The number of fused-ring (bicyclic) bond motifs is 1. The molecule has 0 aromatic heterocycles. The van der Waals surface area contributed by atoms with E-state index in [1.165, 1.54) is 0 Å². The molecule has 6 nitrogen and oxygen atoms in total. The van der Waals surface area contributed by atoms with Gasteiger partial charge in [0, 0.05) is 18.3 Å². The third-order valence-electron chi connectivity index (χ3n) is 4.39. The highest BCUT2D eigenvalue weighted by molar-refractivity contribution is 6.21. The van der Waals surface area contributed by atoms with E-state index in [0.717, 1.165) is 30.6 Å². The number of carbonyl (C=O) groups is 1. The fraction of sp³-hybridized carbons (Fsp3) is 0.333. The zero-order valence-corrected chi connectivity index (χ0v) is 13.8. The molecule has 126 valence electrons. The van der Waals surface area contributed by atoms with Crippen molar-refractivity contribution < 1.29 is 4.79 Å². The predicted octanol–water partition coefficient (Wildman–Crippen LogP) is 1.36. The van der Waals surface area contributed by atoms with Crippen molar-refractivity contribution in [3.05, 3.63) is 47.2 Å². The number of aliphatic imine (C=N–C) groups is 1. The van der Waals surface area contributed by atoms with E-state index in [1.807, 2.05) is 36.4 Å². The van der Waals surface area contributed by atoms with E-state index >= 15 is 0 Å². The lowest BCUT2D eigenvalue weighted by Crippen LogP contribution is -2.40. The highest BCUT2D eigenvalue weighted by Gasteiger charge is 2.21. The summed E-state index contributed by atoms with van der Waals surface area (Å²) >= 11 is 0. The Hall–Kier alpha value is -2.60. The average Bonchev–Trinajstić information content (AvgIpc) is 2.56. The molecule has 0 aliphatic carbocycles. The Balaban J connectivity index is 1.89. The van der Waals surface area contributed by atoms with Gasteiger partial charge in [-0.25, -0.2) is 0 Å². The maximum absolute atomic E-state index is 12.0. The van der Waals surface area contributed by atoms with E-state index in [-0.39, 0.29) is 17.5 Å². The zero-order chi connectivity index (χ0) is 17.1. The monoisotopic (exact) mass is 325 g/mol. The molecule has 0 bridgehead atoms. The van der Waals surface area contributed by atoms with Gasteiger partial charge in [-0.2, -0.15) is 0 Å². The van der Waals surface area contributed by atoms with Gasteiger partial charge < -0.3 is 22.1 Å². The van der Waals surface area contributed by atoms with Crippen molar-refractivity contribution in [1.29, 1.82) is 0 Å².